The molecule has 129 valence electrons. The third kappa shape index (κ3) is 2.45. The van der Waals surface area contributed by atoms with E-state index in [0.717, 1.165) is 5.06 Å². The Morgan fingerprint density at radius 2 is 1.39 bits per heavy atom. The van der Waals surface area contributed by atoms with Gasteiger partial charge in [0, 0.05) is 0 Å². The van der Waals surface area contributed by atoms with Gasteiger partial charge in [0.2, 0.25) is 0 Å². The van der Waals surface area contributed by atoms with Crippen molar-refractivity contribution in [1.29, 1.82) is 0 Å². The normalized spacial score (nSPS) is 28.3. The lowest BCUT2D eigenvalue weighted by atomic mass is 9.66. The van der Waals surface area contributed by atoms with Gasteiger partial charge in [-0.2, -0.15) is 0 Å². The highest BCUT2D eigenvalue weighted by molar-refractivity contribution is 6.56. The molecule has 0 aliphatic carbocycles. The highest BCUT2D eigenvalue weighted by Crippen LogP contribution is 2.49. The van der Waals surface area contributed by atoms with Gasteiger partial charge in [0.1, 0.15) is 0 Å². The number of methoxy groups -OCH3 is 1. The van der Waals surface area contributed by atoms with Crippen LogP contribution in [0.15, 0.2) is 11.0 Å². The van der Waals surface area contributed by atoms with E-state index in [9.17, 15) is 10.0 Å². The molecule has 0 aromatic carbocycles. The summed E-state index contributed by atoms with van der Waals surface area (Å²) in [6.07, 6.45) is 0. The van der Waals surface area contributed by atoms with E-state index in [4.69, 9.17) is 14.0 Å². The van der Waals surface area contributed by atoms with Crippen molar-refractivity contribution in [1.82, 2.24) is 5.06 Å². The van der Waals surface area contributed by atoms with Gasteiger partial charge in [-0.15, -0.1) is 10.3 Å². The van der Waals surface area contributed by atoms with E-state index >= 15 is 0 Å². The number of hydrogen-bond acceptors (Lipinski definition) is 5. The monoisotopic (exact) mass is 324 g/mol. The van der Waals surface area contributed by atoms with Gasteiger partial charge < -0.3 is 14.0 Å². The highest BCUT2D eigenvalue weighted by Gasteiger charge is 2.63. The van der Waals surface area contributed by atoms with Crippen LogP contribution in [0.5, 0.6) is 0 Å². The molecule has 0 aromatic rings. The highest BCUT2D eigenvalue weighted by atomic mass is 16.7. The van der Waals surface area contributed by atoms with Crippen LogP contribution in [0.4, 0.5) is 0 Å². The number of hydroxylamine groups is 2. The van der Waals surface area contributed by atoms with Crippen molar-refractivity contribution in [2.24, 2.45) is 0 Å². The Morgan fingerprint density at radius 1 is 0.957 bits per heavy atom. The van der Waals surface area contributed by atoms with E-state index in [1.165, 1.54) is 7.11 Å². The maximum absolute atomic E-state index is 12.8. The molecule has 2 rings (SSSR count). The number of hydrogen-bond donors (Lipinski definition) is 0. The average Bonchev–Trinajstić information content (AvgIpc) is 2.68. The fourth-order valence-corrected chi connectivity index (χ4v) is 3.37. The summed E-state index contributed by atoms with van der Waals surface area (Å²) in [5.41, 5.74) is -2.20. The van der Waals surface area contributed by atoms with Crippen LogP contribution in [0, 0.1) is 0 Å². The molecule has 1 fully saturated rings. The zero-order valence-corrected chi connectivity index (χ0v) is 15.6. The number of ether oxygens (including phenoxy) is 1. The predicted octanol–water partition coefficient (Wildman–Crippen LogP) is 2.31. The Bertz CT molecular complexity index is 549. The summed E-state index contributed by atoms with van der Waals surface area (Å²) in [7, 11) is 0.551. The summed E-state index contributed by atoms with van der Waals surface area (Å²) >= 11 is 0. The first-order valence-corrected chi connectivity index (χ1v) is 7.86. The lowest BCUT2D eigenvalue weighted by Crippen LogP contribution is -2.49. The molecule has 0 aromatic heterocycles. The van der Waals surface area contributed by atoms with Gasteiger partial charge in [-0.25, -0.2) is 4.79 Å². The van der Waals surface area contributed by atoms with Crippen molar-refractivity contribution < 1.29 is 24.0 Å². The molecular weight excluding hydrogens is 297 g/mol. The summed E-state index contributed by atoms with van der Waals surface area (Å²) in [5.74, 6) is -0.522. The first-order valence-electron chi connectivity index (χ1n) is 7.86. The van der Waals surface area contributed by atoms with E-state index in [2.05, 4.69) is 0 Å². The van der Waals surface area contributed by atoms with E-state index < -0.39 is 35.4 Å². The zero-order valence-electron chi connectivity index (χ0n) is 15.6. The number of rotatable bonds is 2. The lowest BCUT2D eigenvalue weighted by Gasteiger charge is -2.34. The molecule has 0 spiro atoms. The Labute approximate surface area is 138 Å². The Balaban J connectivity index is 2.62. The maximum atomic E-state index is 12.8. The van der Waals surface area contributed by atoms with Crippen LogP contribution in [0.2, 0.25) is 0 Å². The van der Waals surface area contributed by atoms with Crippen molar-refractivity contribution in [2.45, 2.75) is 77.7 Å². The number of nitrogens with zero attached hydrogens (tertiary/aromatic N) is 1. The molecule has 7 heteroatoms. The minimum atomic E-state index is -1.02. The lowest BCUT2D eigenvalue weighted by molar-refractivity contribution is -0.240. The molecule has 0 amide bonds. The SMILES string of the molecule is COC(=O)C1=C(B2OC(C)(C)C(C)(C)O2)C(C)(C)N([O])C1(C)C. The summed E-state index contributed by atoms with van der Waals surface area (Å²) < 4.78 is 17.1. The molecule has 2 aliphatic heterocycles. The van der Waals surface area contributed by atoms with Crippen LogP contribution in [-0.2, 0) is 24.0 Å². The Kier molecular flexibility index (Phi) is 4.05. The average molecular weight is 324 g/mol. The molecule has 1 radical (unpaired) electrons. The predicted molar refractivity (Wildman–Crippen MR) is 85.8 cm³/mol. The smallest absolute Gasteiger partial charge is 0.466 e. The van der Waals surface area contributed by atoms with Crippen molar-refractivity contribution in [3.63, 3.8) is 0 Å². The second-order valence-electron chi connectivity index (χ2n) is 8.28. The molecular formula is C16H27BNO5. The van der Waals surface area contributed by atoms with Crippen molar-refractivity contribution >= 4 is 13.1 Å². The van der Waals surface area contributed by atoms with Crippen LogP contribution < -0.4 is 0 Å². The second-order valence-corrected chi connectivity index (χ2v) is 8.28. The minimum Gasteiger partial charge on any atom is -0.466 e. The quantitative estimate of drug-likeness (QED) is 0.576. The molecule has 0 bridgehead atoms. The van der Waals surface area contributed by atoms with E-state index in [-0.39, 0.29) is 0 Å². The summed E-state index contributed by atoms with van der Waals surface area (Å²) in [5, 5.41) is 13.7. The maximum Gasteiger partial charge on any atom is 0.493 e. The summed E-state index contributed by atoms with van der Waals surface area (Å²) in [4.78, 5) is 12.4. The fraction of sp³-hybridized carbons (Fsp3) is 0.812. The molecule has 23 heavy (non-hydrogen) atoms. The van der Waals surface area contributed by atoms with Crippen LogP contribution in [0.25, 0.3) is 0 Å². The molecule has 2 aliphatic rings. The molecule has 0 saturated carbocycles. The number of carbonyl (C=O) groups is 1. The van der Waals surface area contributed by atoms with Gasteiger partial charge in [0.05, 0.1) is 35.0 Å². The summed E-state index contributed by atoms with van der Waals surface area (Å²) in [6, 6.07) is 0. The van der Waals surface area contributed by atoms with Gasteiger partial charge in [-0.3, -0.25) is 0 Å². The summed E-state index contributed by atoms with van der Waals surface area (Å²) in [6.45, 7) is 14.7. The van der Waals surface area contributed by atoms with Gasteiger partial charge in [-0.05, 0) is 60.9 Å². The number of carbonyl (C=O) groups excluding carboxylic acids is 1. The Morgan fingerprint density at radius 3 is 1.78 bits per heavy atom. The van der Waals surface area contributed by atoms with Gasteiger partial charge >= 0.3 is 13.1 Å². The Hall–Kier alpha value is -0.885. The number of esters is 1. The van der Waals surface area contributed by atoms with Crippen molar-refractivity contribution in [3.05, 3.63) is 11.0 Å². The van der Waals surface area contributed by atoms with Crippen LogP contribution in [0.1, 0.15) is 55.4 Å². The fourth-order valence-electron chi connectivity index (χ4n) is 3.37. The van der Waals surface area contributed by atoms with Crippen LogP contribution >= 0.6 is 0 Å². The van der Waals surface area contributed by atoms with E-state index in [1.807, 2.05) is 27.7 Å². The van der Waals surface area contributed by atoms with Gasteiger partial charge in [0.25, 0.3) is 0 Å². The molecule has 0 N–H and O–H groups in total. The van der Waals surface area contributed by atoms with E-state index in [0.29, 0.717) is 11.0 Å². The van der Waals surface area contributed by atoms with Crippen molar-refractivity contribution in [3.8, 4) is 0 Å². The first-order chi connectivity index (χ1) is 10.2. The molecule has 0 unspecified atom stereocenters. The molecule has 1 saturated heterocycles. The largest absolute Gasteiger partial charge is 0.493 e. The molecule has 0 atom stereocenters. The minimum absolute atomic E-state index is 0.318. The third-order valence-corrected chi connectivity index (χ3v) is 5.43. The van der Waals surface area contributed by atoms with Crippen LogP contribution in [0.3, 0.4) is 0 Å². The van der Waals surface area contributed by atoms with Gasteiger partial charge in [-0.1, -0.05) is 0 Å². The third-order valence-electron chi connectivity index (χ3n) is 5.43. The van der Waals surface area contributed by atoms with Gasteiger partial charge in [0.15, 0.2) is 0 Å². The molecule has 6 nitrogen and oxygen atoms in total. The second kappa shape index (κ2) is 5.05. The van der Waals surface area contributed by atoms with Crippen LogP contribution in [-0.4, -0.2) is 47.5 Å². The standard InChI is InChI=1S/C16H27BNO5/c1-13(2)10(12(19)21-9)11(14(3,4)18(13)20)17-22-15(5,6)16(7,8)23-17/h1-9H3. The topological polar surface area (TPSA) is 67.9 Å². The van der Waals surface area contributed by atoms with E-state index in [1.54, 1.807) is 27.7 Å². The van der Waals surface area contributed by atoms with Crippen molar-refractivity contribution in [2.75, 3.05) is 7.11 Å². The molecule has 2 heterocycles. The zero-order chi connectivity index (χ0) is 18.0. The first kappa shape index (κ1) is 18.5.